The molecular formula is C49H86N2O6P+. The van der Waals surface area contributed by atoms with Crippen molar-refractivity contribution >= 4 is 13.7 Å². The lowest BCUT2D eigenvalue weighted by atomic mass is 10.0. The van der Waals surface area contributed by atoms with E-state index >= 15 is 0 Å². The van der Waals surface area contributed by atoms with Gasteiger partial charge < -0.3 is 19.8 Å². The van der Waals surface area contributed by atoms with Crippen LogP contribution in [-0.4, -0.2) is 73.4 Å². The molecule has 0 aliphatic carbocycles. The number of likely N-dealkylation sites (N-methyl/N-ethyl adjacent to an activating group) is 1. The van der Waals surface area contributed by atoms with E-state index in [4.69, 9.17) is 9.05 Å². The predicted molar refractivity (Wildman–Crippen MR) is 249 cm³/mol. The van der Waals surface area contributed by atoms with Gasteiger partial charge in [-0.2, -0.15) is 0 Å². The van der Waals surface area contributed by atoms with E-state index in [9.17, 15) is 19.4 Å². The third-order valence-electron chi connectivity index (χ3n) is 9.36. The van der Waals surface area contributed by atoms with Gasteiger partial charge in [0.15, 0.2) is 0 Å². The van der Waals surface area contributed by atoms with Crippen molar-refractivity contribution in [2.75, 3.05) is 40.9 Å². The number of allylic oxidation sites excluding steroid dienone is 15. The molecule has 0 aromatic carbocycles. The molecule has 0 rings (SSSR count). The number of aliphatic hydroxyl groups is 1. The summed E-state index contributed by atoms with van der Waals surface area (Å²) in [6, 6.07) is -0.874. The van der Waals surface area contributed by atoms with Crippen molar-refractivity contribution in [3.8, 4) is 0 Å². The number of quaternary nitrogens is 1. The van der Waals surface area contributed by atoms with E-state index in [1.165, 1.54) is 57.8 Å². The number of hydrogen-bond donors (Lipinski definition) is 3. The van der Waals surface area contributed by atoms with E-state index in [2.05, 4.69) is 91.2 Å². The fraction of sp³-hybridized carbons (Fsp3) is 0.653. The molecule has 0 bridgehead atoms. The van der Waals surface area contributed by atoms with Crippen molar-refractivity contribution in [3.63, 3.8) is 0 Å². The summed E-state index contributed by atoms with van der Waals surface area (Å²) >= 11 is 0. The molecule has 0 heterocycles. The second-order valence-corrected chi connectivity index (χ2v) is 17.5. The summed E-state index contributed by atoms with van der Waals surface area (Å²) in [4.78, 5) is 23.1. The zero-order chi connectivity index (χ0) is 42.8. The van der Waals surface area contributed by atoms with Gasteiger partial charge in [-0.1, -0.05) is 162 Å². The molecular weight excluding hydrogens is 744 g/mol. The van der Waals surface area contributed by atoms with Crippen LogP contribution in [0.5, 0.6) is 0 Å². The molecule has 8 nitrogen and oxygen atoms in total. The standard InChI is InChI=1S/C49H85N2O6P/c1-6-8-10-12-14-16-17-18-19-20-21-22-23-24-25-26-27-28-29-30-31-32-33-35-37-39-41-43-49(53)50-47(46-57-58(54,55)56-45-44-51(3,4)5)48(52)42-40-38-36-34-15-13-11-9-7-2/h7-10,14-16,18-19,21-22,24-25,34,40,42,47-48,52H,6,11-13,17,20,23,26-33,35-39,41,43-46H2,1-5H3,(H-,50,53,54,55)/p+1/b9-7+,10-8-,16-14-,19-18-,22-21-,25-24-,34-15+,42-40+. The molecule has 332 valence electrons. The van der Waals surface area contributed by atoms with Crippen LogP contribution in [0.4, 0.5) is 0 Å². The second kappa shape index (κ2) is 39.9. The monoisotopic (exact) mass is 830 g/mol. The maximum Gasteiger partial charge on any atom is 0.472 e. The van der Waals surface area contributed by atoms with Crippen LogP contribution >= 0.6 is 7.82 Å². The molecule has 0 saturated carbocycles. The van der Waals surface area contributed by atoms with E-state index in [-0.39, 0.29) is 19.1 Å². The van der Waals surface area contributed by atoms with Gasteiger partial charge in [-0.05, 0) is 84.0 Å². The molecule has 3 atom stereocenters. The normalized spacial score (nSPS) is 15.2. The lowest BCUT2D eigenvalue weighted by molar-refractivity contribution is -0.870. The topological polar surface area (TPSA) is 105 Å². The molecule has 3 N–H and O–H groups in total. The van der Waals surface area contributed by atoms with Gasteiger partial charge in [0.2, 0.25) is 5.91 Å². The number of amides is 1. The van der Waals surface area contributed by atoms with Gasteiger partial charge in [0.05, 0.1) is 39.9 Å². The number of carbonyl (C=O) groups is 1. The first-order valence-corrected chi connectivity index (χ1v) is 24.1. The molecule has 0 aliphatic rings. The molecule has 58 heavy (non-hydrogen) atoms. The summed E-state index contributed by atoms with van der Waals surface area (Å²) in [6.07, 6.45) is 56.6. The van der Waals surface area contributed by atoms with Crippen LogP contribution in [0, 0.1) is 0 Å². The minimum atomic E-state index is -4.35. The molecule has 0 fully saturated rings. The van der Waals surface area contributed by atoms with Gasteiger partial charge in [-0.3, -0.25) is 13.8 Å². The largest absolute Gasteiger partial charge is 0.472 e. The summed E-state index contributed by atoms with van der Waals surface area (Å²) in [5.41, 5.74) is 0. The van der Waals surface area contributed by atoms with Crippen molar-refractivity contribution < 1.29 is 32.9 Å². The van der Waals surface area contributed by atoms with Gasteiger partial charge in [-0.25, -0.2) is 4.57 Å². The Hall–Kier alpha value is -2.58. The summed E-state index contributed by atoms with van der Waals surface area (Å²) in [5, 5.41) is 13.7. The van der Waals surface area contributed by atoms with Crippen LogP contribution in [0.25, 0.3) is 0 Å². The highest BCUT2D eigenvalue weighted by Gasteiger charge is 2.27. The highest BCUT2D eigenvalue weighted by Crippen LogP contribution is 2.43. The van der Waals surface area contributed by atoms with Gasteiger partial charge in [0.1, 0.15) is 13.2 Å². The summed E-state index contributed by atoms with van der Waals surface area (Å²) in [5.74, 6) is -0.204. The van der Waals surface area contributed by atoms with Gasteiger partial charge in [-0.15, -0.1) is 0 Å². The molecule has 0 aromatic heterocycles. The van der Waals surface area contributed by atoms with E-state index in [0.717, 1.165) is 77.0 Å². The fourth-order valence-electron chi connectivity index (χ4n) is 5.81. The number of nitrogens with zero attached hydrogens (tertiary/aromatic N) is 1. The van der Waals surface area contributed by atoms with E-state index < -0.39 is 20.0 Å². The minimum Gasteiger partial charge on any atom is -0.387 e. The summed E-state index contributed by atoms with van der Waals surface area (Å²) < 4.78 is 23.4. The number of unbranched alkanes of at least 4 members (excludes halogenated alkanes) is 13. The molecule has 0 aromatic rings. The molecule has 0 spiro atoms. The van der Waals surface area contributed by atoms with Crippen molar-refractivity contribution in [1.82, 2.24) is 5.32 Å². The lowest BCUT2D eigenvalue weighted by Crippen LogP contribution is -2.45. The van der Waals surface area contributed by atoms with E-state index in [0.29, 0.717) is 17.4 Å². The van der Waals surface area contributed by atoms with Crippen LogP contribution < -0.4 is 5.32 Å². The van der Waals surface area contributed by atoms with Crippen LogP contribution in [0.2, 0.25) is 0 Å². The quantitative estimate of drug-likeness (QED) is 0.0247. The number of hydrogen-bond acceptors (Lipinski definition) is 5. The third-order valence-corrected chi connectivity index (χ3v) is 10.3. The number of phosphoric acid groups is 1. The zero-order valence-electron chi connectivity index (χ0n) is 37.5. The summed E-state index contributed by atoms with van der Waals surface area (Å²) in [6.45, 7) is 4.40. The van der Waals surface area contributed by atoms with E-state index in [1.54, 1.807) is 6.08 Å². The van der Waals surface area contributed by atoms with Crippen LogP contribution in [0.1, 0.15) is 155 Å². The van der Waals surface area contributed by atoms with Gasteiger partial charge in [0, 0.05) is 6.42 Å². The van der Waals surface area contributed by atoms with Gasteiger partial charge in [0.25, 0.3) is 0 Å². The first-order valence-electron chi connectivity index (χ1n) is 22.6. The molecule has 0 saturated heterocycles. The Kier molecular flexibility index (Phi) is 38.1. The lowest BCUT2D eigenvalue weighted by Gasteiger charge is -2.25. The Morgan fingerprint density at radius 3 is 1.59 bits per heavy atom. The molecule has 1 amide bonds. The zero-order valence-corrected chi connectivity index (χ0v) is 38.4. The van der Waals surface area contributed by atoms with Crippen LogP contribution in [-0.2, 0) is 18.4 Å². The number of aliphatic hydroxyl groups excluding tert-OH is 1. The smallest absolute Gasteiger partial charge is 0.387 e. The first-order chi connectivity index (χ1) is 28.0. The number of nitrogens with one attached hydrogen (secondary N) is 1. The van der Waals surface area contributed by atoms with Crippen LogP contribution in [0.15, 0.2) is 97.2 Å². The maximum absolute atomic E-state index is 12.8. The third kappa shape index (κ3) is 41.6. The Morgan fingerprint density at radius 2 is 1.07 bits per heavy atom. The number of carbonyl (C=O) groups excluding carboxylic acids is 1. The Balaban J connectivity index is 4.20. The Morgan fingerprint density at radius 1 is 0.621 bits per heavy atom. The summed E-state index contributed by atoms with van der Waals surface area (Å²) in [7, 11) is 1.52. The predicted octanol–water partition coefficient (Wildman–Crippen LogP) is 12.7. The molecule has 3 unspecified atom stereocenters. The van der Waals surface area contributed by atoms with Crippen molar-refractivity contribution in [3.05, 3.63) is 97.2 Å². The molecule has 0 aliphatic heterocycles. The van der Waals surface area contributed by atoms with Crippen molar-refractivity contribution in [2.24, 2.45) is 0 Å². The van der Waals surface area contributed by atoms with Crippen molar-refractivity contribution in [2.45, 2.75) is 167 Å². The van der Waals surface area contributed by atoms with Gasteiger partial charge >= 0.3 is 7.82 Å². The highest BCUT2D eigenvalue weighted by molar-refractivity contribution is 7.47. The highest BCUT2D eigenvalue weighted by atomic mass is 31.2. The minimum absolute atomic E-state index is 0.0476. The van der Waals surface area contributed by atoms with Crippen molar-refractivity contribution in [1.29, 1.82) is 0 Å². The number of rotatable bonds is 39. The average Bonchev–Trinajstić information content (AvgIpc) is 3.17. The maximum atomic E-state index is 12.8. The number of phosphoric ester groups is 1. The molecule has 9 heteroatoms. The SMILES string of the molecule is C/C=C/CC/C=C/CC/C=C/C(O)C(COP(=O)(O)OCC[N+](C)(C)C)NC(=O)CCCCCCCCCCCCC/C=C\C/C=C\C/C=C\C/C=C\C/C=C\CC. The van der Waals surface area contributed by atoms with Crippen LogP contribution in [0.3, 0.4) is 0 Å². The average molecular weight is 830 g/mol. The first kappa shape index (κ1) is 55.4. The Labute approximate surface area is 356 Å². The molecule has 0 radical (unpaired) electrons. The Bertz CT molecular complexity index is 1260. The van der Waals surface area contributed by atoms with E-state index in [1.807, 2.05) is 40.2 Å². The fourth-order valence-corrected chi connectivity index (χ4v) is 6.55. The second-order valence-electron chi connectivity index (χ2n) is 16.0.